The number of hydrogen-bond acceptors (Lipinski definition) is 5. The Balaban J connectivity index is 2.14. The number of benzene rings is 1. The van der Waals surface area contributed by atoms with Crippen molar-refractivity contribution in [3.8, 4) is 0 Å². The lowest BCUT2D eigenvalue weighted by Crippen LogP contribution is -2.18. The molecular formula is C21H24N2O5S. The van der Waals surface area contributed by atoms with E-state index in [1.807, 2.05) is 11.5 Å². The lowest BCUT2D eigenvalue weighted by atomic mass is 10.3. The Bertz CT molecular complexity index is 1080. The fourth-order valence-corrected chi connectivity index (χ4v) is 4.95. The zero-order chi connectivity index (χ0) is 21.0. The van der Waals surface area contributed by atoms with Crippen molar-refractivity contribution in [1.29, 1.82) is 0 Å². The highest BCUT2D eigenvalue weighted by Crippen LogP contribution is 2.35. The number of sulfone groups is 1. The number of aromatic nitrogens is 1. The van der Waals surface area contributed by atoms with Crippen molar-refractivity contribution < 1.29 is 22.4 Å². The van der Waals surface area contributed by atoms with E-state index in [9.17, 15) is 13.2 Å². The van der Waals surface area contributed by atoms with Gasteiger partial charge in [0.2, 0.25) is 9.84 Å². The molecule has 29 heavy (non-hydrogen) atoms. The third kappa shape index (κ3) is 4.13. The molecule has 0 aliphatic carbocycles. The molecule has 0 aliphatic heterocycles. The summed E-state index contributed by atoms with van der Waals surface area (Å²) in [7, 11) is -2.23. The summed E-state index contributed by atoms with van der Waals surface area (Å²) in [5, 5.41) is 2.76. The van der Waals surface area contributed by atoms with Gasteiger partial charge in [-0.2, -0.15) is 0 Å². The second kappa shape index (κ2) is 8.67. The Morgan fingerprint density at radius 2 is 1.86 bits per heavy atom. The molecule has 7 nitrogen and oxygen atoms in total. The Hall–Kier alpha value is -2.84. The Kier molecular flexibility index (Phi) is 6.24. The minimum Gasteiger partial charge on any atom is -0.459 e. The van der Waals surface area contributed by atoms with Crippen LogP contribution < -0.4 is 5.32 Å². The molecule has 154 valence electrons. The van der Waals surface area contributed by atoms with Gasteiger partial charge >= 0.3 is 0 Å². The highest BCUT2D eigenvalue weighted by atomic mass is 32.2. The number of carbonyl (C=O) groups is 1. The summed E-state index contributed by atoms with van der Waals surface area (Å²) in [6, 6.07) is 11.3. The van der Waals surface area contributed by atoms with Gasteiger partial charge in [0.25, 0.3) is 5.91 Å². The van der Waals surface area contributed by atoms with Crippen LogP contribution >= 0.6 is 0 Å². The Morgan fingerprint density at radius 1 is 1.14 bits per heavy atom. The quantitative estimate of drug-likeness (QED) is 0.564. The first kappa shape index (κ1) is 20.9. The zero-order valence-corrected chi connectivity index (χ0v) is 17.5. The maximum Gasteiger partial charge on any atom is 0.292 e. The van der Waals surface area contributed by atoms with Gasteiger partial charge in [0.15, 0.2) is 5.76 Å². The van der Waals surface area contributed by atoms with Gasteiger partial charge in [-0.15, -0.1) is 0 Å². The number of furan rings is 1. The van der Waals surface area contributed by atoms with Gasteiger partial charge in [0.05, 0.1) is 11.2 Å². The van der Waals surface area contributed by atoms with E-state index in [1.54, 1.807) is 50.4 Å². The first-order chi connectivity index (χ1) is 13.9. The molecule has 3 rings (SSSR count). The number of nitrogens with one attached hydrogen (secondary N) is 1. The standard InChI is InChI=1S/C21H24N2O5S/c1-15-16(2)23(12-8-13-27-3)20(22-21(24)18-11-7-14-28-18)19(15)29(25,26)17-9-5-4-6-10-17/h4-7,9-11,14H,8,12-13H2,1-3H3,(H,22,24). The summed E-state index contributed by atoms with van der Waals surface area (Å²) in [5.74, 6) is -0.167. The molecule has 0 spiro atoms. The highest BCUT2D eigenvalue weighted by molar-refractivity contribution is 7.91. The van der Waals surface area contributed by atoms with Crippen LogP contribution in [0.15, 0.2) is 62.9 Å². The molecule has 2 heterocycles. The van der Waals surface area contributed by atoms with Crippen LogP contribution in [-0.4, -0.2) is 32.6 Å². The molecule has 1 N–H and O–H groups in total. The molecule has 0 saturated carbocycles. The van der Waals surface area contributed by atoms with E-state index in [4.69, 9.17) is 9.15 Å². The molecule has 0 saturated heterocycles. The van der Waals surface area contributed by atoms with Crippen molar-refractivity contribution in [3.63, 3.8) is 0 Å². The predicted molar refractivity (Wildman–Crippen MR) is 109 cm³/mol. The first-order valence-electron chi connectivity index (χ1n) is 9.21. The molecule has 1 aromatic carbocycles. The number of amides is 1. The topological polar surface area (TPSA) is 90.5 Å². The van der Waals surface area contributed by atoms with Gasteiger partial charge < -0.3 is 19.0 Å². The maximum atomic E-state index is 13.4. The van der Waals surface area contributed by atoms with E-state index < -0.39 is 15.7 Å². The van der Waals surface area contributed by atoms with Gasteiger partial charge in [-0.3, -0.25) is 4.79 Å². The smallest absolute Gasteiger partial charge is 0.292 e. The van der Waals surface area contributed by atoms with Gasteiger partial charge in [0.1, 0.15) is 10.7 Å². The van der Waals surface area contributed by atoms with Crippen LogP contribution in [0.25, 0.3) is 0 Å². The SMILES string of the molecule is COCCCn1c(C)c(C)c(S(=O)(=O)c2ccccc2)c1NC(=O)c1ccco1. The molecular weight excluding hydrogens is 392 g/mol. The third-order valence-electron chi connectivity index (χ3n) is 4.80. The van der Waals surface area contributed by atoms with Crippen LogP contribution in [-0.2, 0) is 21.1 Å². The highest BCUT2D eigenvalue weighted by Gasteiger charge is 2.30. The van der Waals surface area contributed by atoms with Gasteiger partial charge in [-0.25, -0.2) is 8.42 Å². The van der Waals surface area contributed by atoms with E-state index in [-0.39, 0.29) is 21.4 Å². The number of methoxy groups -OCH3 is 1. The van der Waals surface area contributed by atoms with Gasteiger partial charge in [-0.1, -0.05) is 18.2 Å². The Morgan fingerprint density at radius 3 is 2.48 bits per heavy atom. The molecule has 0 atom stereocenters. The second-order valence-electron chi connectivity index (χ2n) is 6.63. The molecule has 8 heteroatoms. The number of hydrogen-bond donors (Lipinski definition) is 1. The lowest BCUT2D eigenvalue weighted by Gasteiger charge is -2.14. The predicted octanol–water partition coefficient (Wildman–Crippen LogP) is 3.82. The number of carbonyl (C=O) groups excluding carboxylic acids is 1. The van der Waals surface area contributed by atoms with Crippen molar-refractivity contribution in [3.05, 3.63) is 65.7 Å². The van der Waals surface area contributed by atoms with Crippen LogP contribution in [0.5, 0.6) is 0 Å². The molecule has 0 aliphatic rings. The summed E-state index contributed by atoms with van der Waals surface area (Å²) in [6.45, 7) is 4.61. The van der Waals surface area contributed by atoms with Crippen LogP contribution in [0.2, 0.25) is 0 Å². The van der Waals surface area contributed by atoms with Gasteiger partial charge in [-0.05, 0) is 50.1 Å². The molecule has 2 aromatic heterocycles. The average Bonchev–Trinajstić information content (AvgIpc) is 3.32. The monoisotopic (exact) mass is 416 g/mol. The van der Waals surface area contributed by atoms with Crippen LogP contribution in [0.1, 0.15) is 28.2 Å². The van der Waals surface area contributed by atoms with E-state index >= 15 is 0 Å². The molecule has 1 amide bonds. The summed E-state index contributed by atoms with van der Waals surface area (Å²) in [6.07, 6.45) is 2.06. The largest absolute Gasteiger partial charge is 0.459 e. The summed E-state index contributed by atoms with van der Waals surface area (Å²) < 4.78 is 38.9. The van der Waals surface area contributed by atoms with E-state index in [2.05, 4.69) is 5.32 Å². The number of ether oxygens (including phenoxy) is 1. The fourth-order valence-electron chi connectivity index (χ4n) is 3.23. The van der Waals surface area contributed by atoms with Crippen molar-refractivity contribution in [2.45, 2.75) is 36.6 Å². The number of rotatable bonds is 8. The Labute approximate surface area is 170 Å². The minimum atomic E-state index is -3.84. The first-order valence-corrected chi connectivity index (χ1v) is 10.7. The molecule has 0 unspecified atom stereocenters. The van der Waals surface area contributed by atoms with Gasteiger partial charge in [0, 0.05) is 26.0 Å². The van der Waals surface area contributed by atoms with Crippen LogP contribution in [0.4, 0.5) is 5.82 Å². The molecule has 3 aromatic rings. The molecule has 0 fully saturated rings. The van der Waals surface area contributed by atoms with E-state index in [1.165, 1.54) is 12.3 Å². The van der Waals surface area contributed by atoms with Crippen molar-refractivity contribution in [2.75, 3.05) is 19.0 Å². The number of anilines is 1. The lowest BCUT2D eigenvalue weighted by molar-refractivity contribution is 0.0995. The summed E-state index contributed by atoms with van der Waals surface area (Å²) in [4.78, 5) is 12.9. The maximum absolute atomic E-state index is 13.4. The van der Waals surface area contributed by atoms with E-state index in [0.29, 0.717) is 25.1 Å². The minimum absolute atomic E-state index is 0.0959. The third-order valence-corrected chi connectivity index (χ3v) is 6.73. The van der Waals surface area contributed by atoms with Crippen molar-refractivity contribution in [2.24, 2.45) is 0 Å². The molecule has 0 bridgehead atoms. The van der Waals surface area contributed by atoms with E-state index in [0.717, 1.165) is 5.69 Å². The van der Waals surface area contributed by atoms with Crippen molar-refractivity contribution in [1.82, 2.24) is 4.57 Å². The summed E-state index contributed by atoms with van der Waals surface area (Å²) in [5.41, 5.74) is 1.37. The normalized spacial score (nSPS) is 11.6. The summed E-state index contributed by atoms with van der Waals surface area (Å²) >= 11 is 0. The zero-order valence-electron chi connectivity index (χ0n) is 16.6. The number of nitrogens with zero attached hydrogens (tertiary/aromatic N) is 1. The second-order valence-corrected chi connectivity index (χ2v) is 8.52. The van der Waals surface area contributed by atoms with Crippen LogP contribution in [0.3, 0.4) is 0 Å². The average molecular weight is 416 g/mol. The molecule has 0 radical (unpaired) electrons. The fraction of sp³-hybridized carbons (Fsp3) is 0.286. The van der Waals surface area contributed by atoms with Crippen molar-refractivity contribution >= 4 is 21.6 Å². The van der Waals surface area contributed by atoms with Crippen LogP contribution in [0, 0.1) is 13.8 Å².